The lowest BCUT2D eigenvalue weighted by Gasteiger charge is -2.32. The second-order valence-corrected chi connectivity index (χ2v) is 8.40. The second-order valence-electron chi connectivity index (χ2n) is 8.40. The molecular weight excluding hydrogens is 431 g/mol. The lowest BCUT2D eigenvalue weighted by molar-refractivity contribution is 0.0908. The quantitative estimate of drug-likeness (QED) is 0.477. The molecule has 0 radical (unpaired) electrons. The van der Waals surface area contributed by atoms with Gasteiger partial charge >= 0.3 is 0 Å². The average molecular weight is 457 g/mol. The Hall–Kier alpha value is -3.91. The SMILES string of the molecule is O=C(NC1CCN(Cc2cccc(-n3cccn3)n2)CC1)c1ccc(-c2cccc(F)c2)nc1. The van der Waals surface area contributed by atoms with Crippen LogP contribution in [0.5, 0.6) is 0 Å². The number of benzene rings is 1. The van der Waals surface area contributed by atoms with E-state index in [1.807, 2.05) is 30.5 Å². The van der Waals surface area contributed by atoms with E-state index >= 15 is 0 Å². The Morgan fingerprint density at radius 1 is 1.06 bits per heavy atom. The Morgan fingerprint density at radius 2 is 1.91 bits per heavy atom. The normalized spacial score (nSPS) is 14.7. The zero-order chi connectivity index (χ0) is 23.3. The number of halogens is 1. The Balaban J connectivity index is 1.13. The number of amides is 1. The number of pyridine rings is 2. The van der Waals surface area contributed by atoms with E-state index in [0.29, 0.717) is 16.8 Å². The van der Waals surface area contributed by atoms with Crippen molar-refractivity contribution in [2.24, 2.45) is 0 Å². The summed E-state index contributed by atoms with van der Waals surface area (Å²) < 4.78 is 15.2. The number of rotatable bonds is 6. The van der Waals surface area contributed by atoms with Gasteiger partial charge in [-0.25, -0.2) is 14.1 Å². The number of carbonyl (C=O) groups is 1. The molecule has 8 heteroatoms. The summed E-state index contributed by atoms with van der Waals surface area (Å²) in [6.07, 6.45) is 6.91. The van der Waals surface area contributed by atoms with Crippen molar-refractivity contribution in [1.29, 1.82) is 0 Å². The number of carbonyl (C=O) groups excluding carboxylic acids is 1. The van der Waals surface area contributed by atoms with E-state index in [0.717, 1.165) is 44.0 Å². The van der Waals surface area contributed by atoms with Gasteiger partial charge in [-0.3, -0.25) is 14.7 Å². The van der Waals surface area contributed by atoms with Gasteiger partial charge in [0.2, 0.25) is 0 Å². The van der Waals surface area contributed by atoms with Crippen molar-refractivity contribution in [2.45, 2.75) is 25.4 Å². The van der Waals surface area contributed by atoms with Gasteiger partial charge in [0.05, 0.1) is 17.0 Å². The number of piperidine rings is 1. The van der Waals surface area contributed by atoms with Crippen LogP contribution in [-0.2, 0) is 6.54 Å². The Morgan fingerprint density at radius 3 is 2.65 bits per heavy atom. The highest BCUT2D eigenvalue weighted by molar-refractivity contribution is 5.94. The molecule has 1 N–H and O–H groups in total. The van der Waals surface area contributed by atoms with Gasteiger partial charge in [-0.1, -0.05) is 18.2 Å². The fourth-order valence-electron chi connectivity index (χ4n) is 4.17. The predicted octanol–water partition coefficient (Wildman–Crippen LogP) is 3.86. The summed E-state index contributed by atoms with van der Waals surface area (Å²) in [5, 5.41) is 7.36. The molecule has 7 nitrogen and oxygen atoms in total. The van der Waals surface area contributed by atoms with E-state index in [1.165, 1.54) is 12.1 Å². The summed E-state index contributed by atoms with van der Waals surface area (Å²) in [4.78, 5) is 24.1. The largest absolute Gasteiger partial charge is 0.349 e. The smallest absolute Gasteiger partial charge is 0.253 e. The topological polar surface area (TPSA) is 75.9 Å². The van der Waals surface area contributed by atoms with Crippen LogP contribution in [0.3, 0.4) is 0 Å². The van der Waals surface area contributed by atoms with Gasteiger partial charge in [0.15, 0.2) is 5.82 Å². The number of hydrogen-bond donors (Lipinski definition) is 1. The third-order valence-corrected chi connectivity index (χ3v) is 5.99. The molecule has 3 aromatic heterocycles. The molecular formula is C26H25FN6O. The van der Waals surface area contributed by atoms with Crippen molar-refractivity contribution in [3.63, 3.8) is 0 Å². The minimum Gasteiger partial charge on any atom is -0.349 e. The predicted molar refractivity (Wildman–Crippen MR) is 127 cm³/mol. The standard InChI is InChI=1S/C26H25FN6O/c27-21-5-1-4-19(16-21)24-9-8-20(17-28-24)26(34)31-22-10-14-32(15-11-22)18-23-6-2-7-25(30-23)33-13-3-12-29-33/h1-9,12-13,16-17,22H,10-11,14-15,18H2,(H,31,34). The maximum absolute atomic E-state index is 13.4. The average Bonchev–Trinajstić information content (AvgIpc) is 3.41. The van der Waals surface area contributed by atoms with Gasteiger partial charge in [-0.2, -0.15) is 5.10 Å². The van der Waals surface area contributed by atoms with Crippen LogP contribution in [-0.4, -0.2) is 49.7 Å². The lowest BCUT2D eigenvalue weighted by atomic mass is 10.0. The van der Waals surface area contributed by atoms with Crippen molar-refractivity contribution in [1.82, 2.24) is 30.0 Å². The molecule has 1 aliphatic rings. The van der Waals surface area contributed by atoms with E-state index in [4.69, 9.17) is 4.98 Å². The summed E-state index contributed by atoms with van der Waals surface area (Å²) in [6.45, 7) is 2.53. The molecule has 1 fully saturated rings. The zero-order valence-corrected chi connectivity index (χ0v) is 18.6. The van der Waals surface area contributed by atoms with Gasteiger partial charge in [0.1, 0.15) is 5.82 Å². The monoisotopic (exact) mass is 456 g/mol. The minimum absolute atomic E-state index is 0.120. The van der Waals surface area contributed by atoms with Crippen LogP contribution >= 0.6 is 0 Å². The fourth-order valence-corrected chi connectivity index (χ4v) is 4.17. The second kappa shape index (κ2) is 9.93. The first-order chi connectivity index (χ1) is 16.6. The molecule has 1 aromatic carbocycles. The van der Waals surface area contributed by atoms with Crippen molar-refractivity contribution in [2.75, 3.05) is 13.1 Å². The molecule has 34 heavy (non-hydrogen) atoms. The van der Waals surface area contributed by atoms with E-state index < -0.39 is 0 Å². The molecule has 1 amide bonds. The minimum atomic E-state index is -0.311. The first-order valence-electron chi connectivity index (χ1n) is 11.4. The maximum atomic E-state index is 13.4. The number of likely N-dealkylation sites (tertiary alicyclic amines) is 1. The van der Waals surface area contributed by atoms with E-state index in [9.17, 15) is 9.18 Å². The lowest BCUT2D eigenvalue weighted by Crippen LogP contribution is -2.44. The number of hydrogen-bond acceptors (Lipinski definition) is 5. The van der Waals surface area contributed by atoms with Crippen LogP contribution in [0.1, 0.15) is 28.9 Å². The first-order valence-corrected chi connectivity index (χ1v) is 11.4. The maximum Gasteiger partial charge on any atom is 0.253 e. The molecule has 0 bridgehead atoms. The molecule has 0 unspecified atom stereocenters. The highest BCUT2D eigenvalue weighted by Gasteiger charge is 2.22. The Kier molecular flexibility index (Phi) is 6.40. The van der Waals surface area contributed by atoms with Crippen LogP contribution in [0.4, 0.5) is 4.39 Å². The van der Waals surface area contributed by atoms with E-state index in [1.54, 1.807) is 41.3 Å². The van der Waals surface area contributed by atoms with E-state index in [-0.39, 0.29) is 17.8 Å². The van der Waals surface area contributed by atoms with Gasteiger partial charge in [-0.05, 0) is 55.3 Å². The summed E-state index contributed by atoms with van der Waals surface area (Å²) in [5.74, 6) is 0.362. The molecule has 4 aromatic rings. The summed E-state index contributed by atoms with van der Waals surface area (Å²) in [5.41, 5.74) is 2.82. The van der Waals surface area contributed by atoms with Crippen molar-refractivity contribution >= 4 is 5.91 Å². The van der Waals surface area contributed by atoms with Crippen LogP contribution in [0.2, 0.25) is 0 Å². The summed E-state index contributed by atoms with van der Waals surface area (Å²) in [6, 6.07) is 17.7. The summed E-state index contributed by atoms with van der Waals surface area (Å²) >= 11 is 0. The molecule has 0 aliphatic carbocycles. The number of nitrogens with one attached hydrogen (secondary N) is 1. The summed E-state index contributed by atoms with van der Waals surface area (Å²) in [7, 11) is 0. The fraction of sp³-hybridized carbons (Fsp3) is 0.231. The van der Waals surface area contributed by atoms with Crippen molar-refractivity contribution in [3.8, 4) is 17.1 Å². The van der Waals surface area contributed by atoms with Crippen LogP contribution in [0.15, 0.2) is 79.3 Å². The van der Waals surface area contributed by atoms with Crippen molar-refractivity contribution < 1.29 is 9.18 Å². The van der Waals surface area contributed by atoms with Gasteiger partial charge in [0.25, 0.3) is 5.91 Å². The van der Waals surface area contributed by atoms with Gasteiger partial charge < -0.3 is 5.32 Å². The number of aromatic nitrogens is 4. The molecule has 172 valence electrons. The van der Waals surface area contributed by atoms with Crippen molar-refractivity contribution in [3.05, 3.63) is 96.3 Å². The zero-order valence-electron chi connectivity index (χ0n) is 18.6. The molecule has 0 spiro atoms. The molecule has 1 saturated heterocycles. The van der Waals surface area contributed by atoms with Crippen LogP contribution in [0, 0.1) is 5.82 Å². The first kappa shape index (κ1) is 21.9. The third kappa shape index (κ3) is 5.18. The highest BCUT2D eigenvalue weighted by Crippen LogP contribution is 2.19. The van der Waals surface area contributed by atoms with E-state index in [2.05, 4.69) is 20.3 Å². The molecule has 4 heterocycles. The Bertz CT molecular complexity index is 1250. The van der Waals surface area contributed by atoms with Crippen LogP contribution in [0.25, 0.3) is 17.1 Å². The molecule has 0 atom stereocenters. The number of nitrogens with zero attached hydrogens (tertiary/aromatic N) is 5. The molecule has 5 rings (SSSR count). The highest BCUT2D eigenvalue weighted by atomic mass is 19.1. The van der Waals surface area contributed by atoms with Gasteiger partial charge in [0, 0.05) is 49.8 Å². The van der Waals surface area contributed by atoms with Gasteiger partial charge in [-0.15, -0.1) is 0 Å². The third-order valence-electron chi connectivity index (χ3n) is 5.99. The van der Waals surface area contributed by atoms with Crippen LogP contribution < -0.4 is 5.32 Å². The molecule has 1 aliphatic heterocycles. The molecule has 0 saturated carbocycles. The Labute approximate surface area is 197 Å².